The van der Waals surface area contributed by atoms with Gasteiger partial charge < -0.3 is 10.6 Å². The van der Waals surface area contributed by atoms with Crippen molar-refractivity contribution in [2.75, 3.05) is 12.0 Å². The average Bonchev–Trinajstić information content (AvgIpc) is 2.78. The van der Waals surface area contributed by atoms with Gasteiger partial charge in [0.15, 0.2) is 0 Å². The van der Waals surface area contributed by atoms with Gasteiger partial charge in [0.2, 0.25) is 5.91 Å². The Balaban J connectivity index is 1.81. The molecule has 15 heavy (non-hydrogen) atoms. The summed E-state index contributed by atoms with van der Waals surface area (Å²) in [4.78, 5) is 12.0. The van der Waals surface area contributed by atoms with Crippen LogP contribution >= 0.6 is 11.8 Å². The minimum Gasteiger partial charge on any atom is -0.353 e. The maximum atomic E-state index is 12.0. The third kappa shape index (κ3) is 2.48. The maximum Gasteiger partial charge on any atom is 0.224 e. The molecule has 4 heteroatoms. The van der Waals surface area contributed by atoms with Crippen molar-refractivity contribution in [3.05, 3.63) is 0 Å². The molecular weight excluding hydrogens is 208 g/mol. The van der Waals surface area contributed by atoms with Gasteiger partial charge in [-0.1, -0.05) is 0 Å². The first kappa shape index (κ1) is 11.3. The molecule has 2 heterocycles. The lowest BCUT2D eigenvalue weighted by atomic mass is 9.88. The first-order chi connectivity index (χ1) is 7.20. The number of carbonyl (C=O) groups is 1. The van der Waals surface area contributed by atoms with Crippen molar-refractivity contribution in [2.45, 2.75) is 44.3 Å². The number of nitrogens with one attached hydrogen (secondary N) is 2. The van der Waals surface area contributed by atoms with Crippen LogP contribution in [0.3, 0.4) is 0 Å². The van der Waals surface area contributed by atoms with E-state index in [1.165, 1.54) is 12.8 Å². The van der Waals surface area contributed by atoms with Crippen molar-refractivity contribution >= 4 is 17.7 Å². The molecule has 2 bridgehead atoms. The standard InChI is InChI=1S/C11H20N2OS/c1-7(6-15-2)12-11(14)9-5-8-3-4-10(9)13-8/h7-10,13H,3-6H2,1-2H3,(H,12,14). The molecule has 2 saturated heterocycles. The van der Waals surface area contributed by atoms with Gasteiger partial charge in [0.1, 0.15) is 0 Å². The third-order valence-corrected chi connectivity index (χ3v) is 4.28. The van der Waals surface area contributed by atoms with E-state index in [9.17, 15) is 4.79 Å². The topological polar surface area (TPSA) is 41.1 Å². The smallest absolute Gasteiger partial charge is 0.224 e. The zero-order valence-corrected chi connectivity index (χ0v) is 10.3. The van der Waals surface area contributed by atoms with Crippen LogP contribution in [0.4, 0.5) is 0 Å². The van der Waals surface area contributed by atoms with Crippen LogP contribution in [-0.2, 0) is 4.79 Å². The molecule has 0 aromatic carbocycles. The summed E-state index contributed by atoms with van der Waals surface area (Å²) in [5.74, 6) is 1.49. The maximum absolute atomic E-state index is 12.0. The Bertz CT molecular complexity index is 247. The highest BCUT2D eigenvalue weighted by molar-refractivity contribution is 7.98. The molecule has 2 N–H and O–H groups in total. The zero-order chi connectivity index (χ0) is 10.8. The first-order valence-electron chi connectivity index (χ1n) is 5.76. The lowest BCUT2D eigenvalue weighted by molar-refractivity contribution is -0.126. The van der Waals surface area contributed by atoms with E-state index in [4.69, 9.17) is 0 Å². The fraction of sp³-hybridized carbons (Fsp3) is 0.909. The molecule has 0 spiro atoms. The Labute approximate surface area is 95.8 Å². The fourth-order valence-corrected chi connectivity index (χ4v) is 3.34. The Hall–Kier alpha value is -0.220. The highest BCUT2D eigenvalue weighted by Crippen LogP contribution is 2.33. The Morgan fingerprint density at radius 1 is 1.60 bits per heavy atom. The molecule has 0 aromatic heterocycles. The second kappa shape index (κ2) is 4.74. The van der Waals surface area contributed by atoms with Crippen molar-refractivity contribution in [1.82, 2.24) is 10.6 Å². The average molecular weight is 228 g/mol. The van der Waals surface area contributed by atoms with E-state index in [1.807, 2.05) is 0 Å². The van der Waals surface area contributed by atoms with E-state index in [-0.39, 0.29) is 11.8 Å². The number of fused-ring (bicyclic) bond motifs is 2. The summed E-state index contributed by atoms with van der Waals surface area (Å²) >= 11 is 1.78. The van der Waals surface area contributed by atoms with Gasteiger partial charge >= 0.3 is 0 Å². The molecule has 1 amide bonds. The van der Waals surface area contributed by atoms with E-state index in [0.717, 1.165) is 12.2 Å². The minimum absolute atomic E-state index is 0.230. The van der Waals surface area contributed by atoms with Gasteiger partial charge in [-0.05, 0) is 32.4 Å². The van der Waals surface area contributed by atoms with Gasteiger partial charge in [-0.15, -0.1) is 0 Å². The van der Waals surface area contributed by atoms with Crippen LogP contribution in [0.25, 0.3) is 0 Å². The normalized spacial score (nSPS) is 35.5. The quantitative estimate of drug-likeness (QED) is 0.754. The Morgan fingerprint density at radius 3 is 2.93 bits per heavy atom. The second-order valence-electron chi connectivity index (χ2n) is 4.75. The van der Waals surface area contributed by atoms with Crippen LogP contribution in [-0.4, -0.2) is 36.0 Å². The molecule has 0 aromatic rings. The number of thioether (sulfide) groups is 1. The van der Waals surface area contributed by atoms with Crippen LogP contribution in [0, 0.1) is 5.92 Å². The highest BCUT2D eigenvalue weighted by atomic mass is 32.2. The van der Waals surface area contributed by atoms with Crippen LogP contribution in [0.15, 0.2) is 0 Å². The molecular formula is C11H20N2OS. The summed E-state index contributed by atoms with van der Waals surface area (Å²) < 4.78 is 0. The van der Waals surface area contributed by atoms with Crippen molar-refractivity contribution in [1.29, 1.82) is 0 Å². The number of hydrogen-bond donors (Lipinski definition) is 2. The van der Waals surface area contributed by atoms with Crippen molar-refractivity contribution in [3.8, 4) is 0 Å². The van der Waals surface area contributed by atoms with Gasteiger partial charge in [0, 0.05) is 23.9 Å². The molecule has 0 saturated carbocycles. The molecule has 2 fully saturated rings. The van der Waals surface area contributed by atoms with Crippen LogP contribution in [0.2, 0.25) is 0 Å². The summed E-state index contributed by atoms with van der Waals surface area (Å²) in [5, 5.41) is 6.61. The van der Waals surface area contributed by atoms with E-state index in [0.29, 0.717) is 18.1 Å². The largest absolute Gasteiger partial charge is 0.353 e. The third-order valence-electron chi connectivity index (χ3n) is 3.44. The molecule has 2 aliphatic heterocycles. The number of carbonyl (C=O) groups excluding carboxylic acids is 1. The summed E-state index contributed by atoms with van der Waals surface area (Å²) in [6, 6.07) is 1.37. The number of amides is 1. The van der Waals surface area contributed by atoms with Crippen molar-refractivity contribution in [3.63, 3.8) is 0 Å². The predicted octanol–water partition coefficient (Wildman–Crippen LogP) is 0.995. The zero-order valence-electron chi connectivity index (χ0n) is 9.45. The summed E-state index contributed by atoms with van der Waals surface area (Å²) in [6.45, 7) is 2.08. The fourth-order valence-electron chi connectivity index (χ4n) is 2.76. The van der Waals surface area contributed by atoms with Crippen molar-refractivity contribution in [2.24, 2.45) is 5.92 Å². The molecule has 86 valence electrons. The summed E-state index contributed by atoms with van der Waals surface area (Å²) in [7, 11) is 0. The molecule has 3 nitrogen and oxygen atoms in total. The Morgan fingerprint density at radius 2 is 2.40 bits per heavy atom. The van der Waals surface area contributed by atoms with Gasteiger partial charge in [-0.3, -0.25) is 4.79 Å². The van der Waals surface area contributed by atoms with Gasteiger partial charge in [-0.25, -0.2) is 0 Å². The Kier molecular flexibility index (Phi) is 3.57. The van der Waals surface area contributed by atoms with Gasteiger partial charge in [0.25, 0.3) is 0 Å². The predicted molar refractivity (Wildman–Crippen MR) is 64.0 cm³/mol. The monoisotopic (exact) mass is 228 g/mol. The number of hydrogen-bond acceptors (Lipinski definition) is 3. The SMILES string of the molecule is CSCC(C)NC(=O)C1CC2CCC1N2. The van der Waals surface area contributed by atoms with E-state index < -0.39 is 0 Å². The van der Waals surface area contributed by atoms with Crippen LogP contribution in [0.1, 0.15) is 26.2 Å². The summed E-state index contributed by atoms with van der Waals surface area (Å²) in [6.07, 6.45) is 5.55. The van der Waals surface area contributed by atoms with Crippen LogP contribution < -0.4 is 10.6 Å². The van der Waals surface area contributed by atoms with Gasteiger partial charge in [0.05, 0.1) is 5.92 Å². The van der Waals surface area contributed by atoms with E-state index in [2.05, 4.69) is 23.8 Å². The van der Waals surface area contributed by atoms with Gasteiger partial charge in [-0.2, -0.15) is 11.8 Å². The van der Waals surface area contributed by atoms with Crippen molar-refractivity contribution < 1.29 is 4.79 Å². The molecule has 2 aliphatic rings. The van der Waals surface area contributed by atoms with E-state index >= 15 is 0 Å². The summed E-state index contributed by atoms with van der Waals surface area (Å²) in [5.41, 5.74) is 0. The molecule has 0 aliphatic carbocycles. The lowest BCUT2D eigenvalue weighted by Gasteiger charge is -2.21. The van der Waals surface area contributed by atoms with Crippen LogP contribution in [0.5, 0.6) is 0 Å². The molecule has 4 unspecified atom stereocenters. The first-order valence-corrected chi connectivity index (χ1v) is 7.15. The highest BCUT2D eigenvalue weighted by Gasteiger charge is 2.42. The molecule has 2 rings (SSSR count). The molecule has 0 radical (unpaired) electrons. The van der Waals surface area contributed by atoms with E-state index in [1.54, 1.807) is 11.8 Å². The minimum atomic E-state index is 0.230. The molecule has 4 atom stereocenters. The lowest BCUT2D eigenvalue weighted by Crippen LogP contribution is -2.42. The number of rotatable bonds is 4. The second-order valence-corrected chi connectivity index (χ2v) is 5.67.